The van der Waals surface area contributed by atoms with E-state index in [4.69, 9.17) is 11.6 Å². The highest BCUT2D eigenvalue weighted by atomic mass is 35.5. The summed E-state index contributed by atoms with van der Waals surface area (Å²) in [6, 6.07) is 0.849. The molecule has 0 radical (unpaired) electrons. The number of pyridine rings is 1. The number of nitrogens with zero attached hydrogens (tertiary/aromatic N) is 1. The van der Waals surface area contributed by atoms with Crippen molar-refractivity contribution in [2.75, 3.05) is 11.9 Å². The fraction of sp³-hybridized carbons (Fsp3) is 0.583. The van der Waals surface area contributed by atoms with Crippen LogP contribution in [0.5, 0.6) is 0 Å². The quantitative estimate of drug-likeness (QED) is 0.899. The summed E-state index contributed by atoms with van der Waals surface area (Å²) in [4.78, 5) is 3.69. The summed E-state index contributed by atoms with van der Waals surface area (Å²) in [5.74, 6) is 0.314. The van der Waals surface area contributed by atoms with Crippen molar-refractivity contribution >= 4 is 17.4 Å². The van der Waals surface area contributed by atoms with Crippen molar-refractivity contribution in [3.8, 4) is 0 Å². The fourth-order valence-electron chi connectivity index (χ4n) is 2.21. The number of anilines is 1. The van der Waals surface area contributed by atoms with Gasteiger partial charge in [-0.25, -0.2) is 4.98 Å². The average Bonchev–Trinajstić information content (AvgIpc) is 2.72. The molecular formula is C12H14ClF3N2O. The molecule has 2 atom stereocenters. The van der Waals surface area contributed by atoms with Gasteiger partial charge in [0.15, 0.2) is 0 Å². The lowest BCUT2D eigenvalue weighted by molar-refractivity contribution is -0.137. The van der Waals surface area contributed by atoms with Crippen molar-refractivity contribution in [2.24, 2.45) is 5.92 Å². The zero-order valence-electron chi connectivity index (χ0n) is 10.0. The normalized spacial score (nSPS) is 23.6. The zero-order chi connectivity index (χ0) is 14.0. The summed E-state index contributed by atoms with van der Waals surface area (Å²) in [7, 11) is 0. The molecule has 0 spiro atoms. The van der Waals surface area contributed by atoms with Gasteiger partial charge in [-0.3, -0.25) is 0 Å². The van der Waals surface area contributed by atoms with Gasteiger partial charge in [0.25, 0.3) is 0 Å². The summed E-state index contributed by atoms with van der Waals surface area (Å²) in [5, 5.41) is 12.5. The van der Waals surface area contributed by atoms with Gasteiger partial charge in [0.2, 0.25) is 0 Å². The van der Waals surface area contributed by atoms with Crippen molar-refractivity contribution in [1.29, 1.82) is 0 Å². The van der Waals surface area contributed by atoms with Gasteiger partial charge in [-0.15, -0.1) is 0 Å². The van der Waals surface area contributed by atoms with E-state index in [9.17, 15) is 18.3 Å². The highest BCUT2D eigenvalue weighted by Gasteiger charge is 2.31. The molecule has 1 saturated carbocycles. The predicted octanol–water partition coefficient (Wildman–Crippen LogP) is 3.33. The lowest BCUT2D eigenvalue weighted by Crippen LogP contribution is -2.22. The maximum absolute atomic E-state index is 12.4. The SMILES string of the molecule is OC1CCCC1CNc1ncc(C(F)(F)F)cc1Cl. The smallest absolute Gasteiger partial charge is 0.393 e. The van der Waals surface area contributed by atoms with E-state index >= 15 is 0 Å². The van der Waals surface area contributed by atoms with E-state index in [1.54, 1.807) is 0 Å². The van der Waals surface area contributed by atoms with Crippen LogP contribution in [0.3, 0.4) is 0 Å². The molecule has 1 aliphatic carbocycles. The molecule has 106 valence electrons. The van der Waals surface area contributed by atoms with Crippen molar-refractivity contribution in [3.05, 3.63) is 22.8 Å². The van der Waals surface area contributed by atoms with Gasteiger partial charge in [0.1, 0.15) is 5.82 Å². The minimum atomic E-state index is -4.45. The number of hydrogen-bond donors (Lipinski definition) is 2. The molecule has 0 amide bonds. The number of aliphatic hydroxyl groups excluding tert-OH is 1. The standard InChI is InChI=1S/C12H14ClF3N2O/c13-9-4-8(12(14,15)16)6-18-11(9)17-5-7-2-1-3-10(7)19/h4,6-7,10,19H,1-3,5H2,(H,17,18). The van der Waals surface area contributed by atoms with Crippen LogP contribution < -0.4 is 5.32 Å². The first-order valence-electron chi connectivity index (χ1n) is 6.02. The van der Waals surface area contributed by atoms with Crippen molar-refractivity contribution in [3.63, 3.8) is 0 Å². The molecule has 1 aromatic heterocycles. The maximum Gasteiger partial charge on any atom is 0.417 e. The van der Waals surface area contributed by atoms with Crippen LogP contribution in [0.15, 0.2) is 12.3 Å². The summed E-state index contributed by atoms with van der Waals surface area (Å²) in [5.41, 5.74) is -0.871. The molecule has 0 aliphatic heterocycles. The molecule has 0 aromatic carbocycles. The number of nitrogens with one attached hydrogen (secondary N) is 1. The Kier molecular flexibility index (Phi) is 4.20. The van der Waals surface area contributed by atoms with Crippen LogP contribution >= 0.6 is 11.6 Å². The number of aromatic nitrogens is 1. The summed E-state index contributed by atoms with van der Waals surface area (Å²) < 4.78 is 37.3. The molecule has 1 aliphatic rings. The largest absolute Gasteiger partial charge is 0.417 e. The Labute approximate surface area is 113 Å². The second-order valence-electron chi connectivity index (χ2n) is 4.69. The molecule has 7 heteroatoms. The van der Waals surface area contributed by atoms with E-state index in [0.717, 1.165) is 31.5 Å². The van der Waals surface area contributed by atoms with Gasteiger partial charge < -0.3 is 10.4 Å². The predicted molar refractivity (Wildman–Crippen MR) is 66.1 cm³/mol. The van der Waals surface area contributed by atoms with Crippen molar-refractivity contribution in [1.82, 2.24) is 4.98 Å². The Hall–Kier alpha value is -1.01. The molecule has 2 rings (SSSR count). The first-order valence-corrected chi connectivity index (χ1v) is 6.40. The molecule has 1 aromatic rings. The minimum Gasteiger partial charge on any atom is -0.393 e. The molecule has 2 N–H and O–H groups in total. The third-order valence-corrected chi connectivity index (χ3v) is 3.61. The third-order valence-electron chi connectivity index (χ3n) is 3.32. The zero-order valence-corrected chi connectivity index (χ0v) is 10.8. The Morgan fingerprint density at radius 1 is 1.42 bits per heavy atom. The van der Waals surface area contributed by atoms with Gasteiger partial charge in [-0.2, -0.15) is 13.2 Å². The second kappa shape index (κ2) is 5.54. The lowest BCUT2D eigenvalue weighted by atomic mass is 10.1. The average molecular weight is 295 g/mol. The van der Waals surface area contributed by atoms with E-state index in [1.165, 1.54) is 0 Å². The molecule has 19 heavy (non-hydrogen) atoms. The summed E-state index contributed by atoms with van der Waals surface area (Å²) >= 11 is 5.77. The van der Waals surface area contributed by atoms with Gasteiger partial charge in [-0.05, 0) is 18.9 Å². The molecular weight excluding hydrogens is 281 g/mol. The highest BCUT2D eigenvalue weighted by Crippen LogP contribution is 2.33. The van der Waals surface area contributed by atoms with Gasteiger partial charge in [-0.1, -0.05) is 18.0 Å². The monoisotopic (exact) mass is 294 g/mol. The molecule has 3 nitrogen and oxygen atoms in total. The summed E-state index contributed by atoms with van der Waals surface area (Å²) in [6.45, 7) is 0.458. The van der Waals surface area contributed by atoms with Crippen LogP contribution in [-0.2, 0) is 6.18 Å². The van der Waals surface area contributed by atoms with E-state index in [0.29, 0.717) is 6.54 Å². The number of alkyl halides is 3. The van der Waals surface area contributed by atoms with Crippen LogP contribution in [0.1, 0.15) is 24.8 Å². The minimum absolute atomic E-state index is 0.0673. The number of aliphatic hydroxyl groups is 1. The molecule has 0 bridgehead atoms. The number of hydrogen-bond acceptors (Lipinski definition) is 3. The van der Waals surface area contributed by atoms with E-state index in [-0.39, 0.29) is 22.9 Å². The van der Waals surface area contributed by atoms with Crippen LogP contribution in [0.25, 0.3) is 0 Å². The fourth-order valence-corrected chi connectivity index (χ4v) is 2.44. The Morgan fingerprint density at radius 2 is 2.16 bits per heavy atom. The van der Waals surface area contributed by atoms with Crippen molar-refractivity contribution in [2.45, 2.75) is 31.5 Å². The topological polar surface area (TPSA) is 45.1 Å². The van der Waals surface area contributed by atoms with E-state index in [2.05, 4.69) is 10.3 Å². The first-order chi connectivity index (χ1) is 8.88. The Bertz CT molecular complexity index is 453. The first kappa shape index (κ1) is 14.4. The second-order valence-corrected chi connectivity index (χ2v) is 5.10. The lowest BCUT2D eigenvalue weighted by Gasteiger charge is -2.16. The Morgan fingerprint density at radius 3 is 2.68 bits per heavy atom. The summed E-state index contributed by atoms with van der Waals surface area (Å²) in [6.07, 6.45) is -1.44. The highest BCUT2D eigenvalue weighted by molar-refractivity contribution is 6.32. The molecule has 1 heterocycles. The van der Waals surface area contributed by atoms with Crippen LogP contribution in [-0.4, -0.2) is 22.7 Å². The van der Waals surface area contributed by atoms with Gasteiger partial charge in [0, 0.05) is 18.7 Å². The Balaban J connectivity index is 2.01. The van der Waals surface area contributed by atoms with E-state index in [1.807, 2.05) is 0 Å². The van der Waals surface area contributed by atoms with Crippen molar-refractivity contribution < 1.29 is 18.3 Å². The van der Waals surface area contributed by atoms with Crippen LogP contribution in [0, 0.1) is 5.92 Å². The van der Waals surface area contributed by atoms with Crippen LogP contribution in [0.4, 0.5) is 19.0 Å². The number of rotatable bonds is 3. The van der Waals surface area contributed by atoms with E-state index < -0.39 is 11.7 Å². The molecule has 1 fully saturated rings. The van der Waals surface area contributed by atoms with Crippen LogP contribution in [0.2, 0.25) is 5.02 Å². The maximum atomic E-state index is 12.4. The van der Waals surface area contributed by atoms with Gasteiger partial charge in [0.05, 0.1) is 16.7 Å². The molecule has 0 saturated heterocycles. The van der Waals surface area contributed by atoms with Gasteiger partial charge >= 0.3 is 6.18 Å². The number of halogens is 4. The molecule has 2 unspecified atom stereocenters. The third kappa shape index (κ3) is 3.51.